The van der Waals surface area contributed by atoms with E-state index in [1.807, 2.05) is 31.2 Å². The molecule has 3 rings (SSSR count). The van der Waals surface area contributed by atoms with Gasteiger partial charge < -0.3 is 4.74 Å². The molecule has 2 aromatic carbocycles. The smallest absolute Gasteiger partial charge is 0.341 e. The van der Waals surface area contributed by atoms with E-state index in [0.29, 0.717) is 17.4 Å². The summed E-state index contributed by atoms with van der Waals surface area (Å²) in [4.78, 5) is 16.1. The van der Waals surface area contributed by atoms with Crippen molar-refractivity contribution >= 4 is 32.2 Å². The van der Waals surface area contributed by atoms with E-state index in [2.05, 4.69) is 10.3 Å². The van der Waals surface area contributed by atoms with Crippen LogP contribution in [-0.2, 0) is 9.84 Å². The minimum atomic E-state index is -4.70. The molecule has 1 amide bonds. The zero-order valence-electron chi connectivity index (χ0n) is 15.1. The predicted molar refractivity (Wildman–Crippen MR) is 106 cm³/mol. The van der Waals surface area contributed by atoms with Gasteiger partial charge in [0, 0.05) is 16.5 Å². The largest absolute Gasteiger partial charge is 0.494 e. The highest BCUT2D eigenvalue weighted by atomic mass is 32.2. The SMILES string of the molecule is CCOc1ccc(-c2csc(NC(=O)c3ccc(S(=O)(=O)C(F)F)cc3)n2)cc1. The van der Waals surface area contributed by atoms with Gasteiger partial charge in [-0.2, -0.15) is 8.78 Å². The summed E-state index contributed by atoms with van der Waals surface area (Å²) in [6.45, 7) is 2.47. The molecule has 0 radical (unpaired) electrons. The molecule has 29 heavy (non-hydrogen) atoms. The van der Waals surface area contributed by atoms with Crippen LogP contribution < -0.4 is 10.1 Å². The van der Waals surface area contributed by atoms with Crippen molar-refractivity contribution < 1.29 is 26.7 Å². The lowest BCUT2D eigenvalue weighted by Gasteiger charge is -2.05. The van der Waals surface area contributed by atoms with Gasteiger partial charge in [0.1, 0.15) is 5.75 Å². The molecular weight excluding hydrogens is 422 g/mol. The molecule has 0 aliphatic carbocycles. The van der Waals surface area contributed by atoms with Crippen molar-refractivity contribution in [2.45, 2.75) is 17.6 Å². The highest BCUT2D eigenvalue weighted by Gasteiger charge is 2.26. The number of nitrogens with zero attached hydrogens (tertiary/aromatic N) is 1. The Kier molecular flexibility index (Phi) is 6.23. The fraction of sp³-hybridized carbons (Fsp3) is 0.158. The number of nitrogens with one attached hydrogen (secondary N) is 1. The molecule has 152 valence electrons. The van der Waals surface area contributed by atoms with E-state index in [1.54, 1.807) is 5.38 Å². The van der Waals surface area contributed by atoms with Gasteiger partial charge in [-0.05, 0) is 55.5 Å². The second-order valence-corrected chi connectivity index (χ2v) is 8.56. The maximum absolute atomic E-state index is 12.6. The number of amides is 1. The molecule has 0 atom stereocenters. The third-order valence-corrected chi connectivity index (χ3v) is 6.02. The van der Waals surface area contributed by atoms with Crippen LogP contribution in [0.3, 0.4) is 0 Å². The lowest BCUT2D eigenvalue weighted by molar-refractivity contribution is 0.102. The molecule has 0 aliphatic rings. The number of carbonyl (C=O) groups excluding carboxylic acids is 1. The van der Waals surface area contributed by atoms with Crippen LogP contribution in [-0.4, -0.2) is 31.7 Å². The van der Waals surface area contributed by atoms with Crippen LogP contribution in [0.1, 0.15) is 17.3 Å². The van der Waals surface area contributed by atoms with Crippen LogP contribution in [0.25, 0.3) is 11.3 Å². The first-order valence-electron chi connectivity index (χ1n) is 8.43. The summed E-state index contributed by atoms with van der Waals surface area (Å²) in [5.41, 5.74) is 1.65. The number of benzene rings is 2. The molecule has 0 bridgehead atoms. The van der Waals surface area contributed by atoms with Crippen molar-refractivity contribution in [3.8, 4) is 17.0 Å². The summed E-state index contributed by atoms with van der Waals surface area (Å²) in [5.74, 6) is -3.30. The summed E-state index contributed by atoms with van der Waals surface area (Å²) < 4.78 is 53.4. The lowest BCUT2D eigenvalue weighted by atomic mass is 10.2. The monoisotopic (exact) mass is 438 g/mol. The topological polar surface area (TPSA) is 85.4 Å². The van der Waals surface area contributed by atoms with Crippen LogP contribution >= 0.6 is 11.3 Å². The third-order valence-electron chi connectivity index (χ3n) is 3.87. The zero-order valence-corrected chi connectivity index (χ0v) is 16.8. The number of ether oxygens (including phenoxy) is 1. The van der Waals surface area contributed by atoms with Crippen LogP contribution in [0.5, 0.6) is 5.75 Å². The van der Waals surface area contributed by atoms with Gasteiger partial charge in [-0.1, -0.05) is 0 Å². The maximum atomic E-state index is 12.6. The number of hydrogen-bond donors (Lipinski definition) is 1. The summed E-state index contributed by atoms with van der Waals surface area (Å²) >= 11 is 1.22. The van der Waals surface area contributed by atoms with E-state index in [-0.39, 0.29) is 5.56 Å². The number of halogens is 2. The molecule has 6 nitrogen and oxygen atoms in total. The quantitative estimate of drug-likeness (QED) is 0.589. The Morgan fingerprint density at radius 1 is 1.14 bits per heavy atom. The first kappa shape index (κ1) is 20.9. The fourth-order valence-electron chi connectivity index (χ4n) is 2.42. The number of sulfone groups is 1. The second-order valence-electron chi connectivity index (χ2n) is 5.78. The normalized spacial score (nSPS) is 11.4. The second kappa shape index (κ2) is 8.66. The Morgan fingerprint density at radius 2 is 1.79 bits per heavy atom. The molecule has 3 aromatic rings. The van der Waals surface area contributed by atoms with E-state index in [4.69, 9.17) is 4.74 Å². The van der Waals surface area contributed by atoms with Crippen LogP contribution in [0, 0.1) is 0 Å². The van der Waals surface area contributed by atoms with Crippen molar-refractivity contribution in [1.29, 1.82) is 0 Å². The van der Waals surface area contributed by atoms with Gasteiger partial charge >= 0.3 is 5.76 Å². The standard InChI is InChI=1S/C19H16F2N2O4S2/c1-2-27-14-7-3-12(4-8-14)16-11-28-19(22-16)23-17(24)13-5-9-15(10-6-13)29(25,26)18(20)21/h3-11,18H,2H2,1H3,(H,22,23,24). The van der Waals surface area contributed by atoms with Gasteiger partial charge in [0.2, 0.25) is 9.84 Å². The minimum Gasteiger partial charge on any atom is -0.494 e. The molecule has 0 saturated carbocycles. The van der Waals surface area contributed by atoms with E-state index in [0.717, 1.165) is 23.4 Å². The molecule has 1 aromatic heterocycles. The van der Waals surface area contributed by atoms with Gasteiger partial charge in [-0.3, -0.25) is 10.1 Å². The van der Waals surface area contributed by atoms with E-state index in [1.165, 1.54) is 23.5 Å². The van der Waals surface area contributed by atoms with Gasteiger partial charge in [0.15, 0.2) is 5.13 Å². The summed E-state index contributed by atoms with van der Waals surface area (Å²) in [5, 5.41) is 4.74. The minimum absolute atomic E-state index is 0.121. The van der Waals surface area contributed by atoms with Crippen LogP contribution in [0.2, 0.25) is 0 Å². The molecule has 1 heterocycles. The van der Waals surface area contributed by atoms with Crippen LogP contribution in [0.15, 0.2) is 58.8 Å². The van der Waals surface area contributed by atoms with Crippen molar-refractivity contribution in [2.75, 3.05) is 11.9 Å². The molecule has 1 N–H and O–H groups in total. The number of alkyl halides is 2. The molecule has 0 fully saturated rings. The number of carbonyl (C=O) groups is 1. The van der Waals surface area contributed by atoms with E-state index in [9.17, 15) is 22.0 Å². The van der Waals surface area contributed by atoms with Gasteiger partial charge in [-0.25, -0.2) is 13.4 Å². The molecule has 0 unspecified atom stereocenters. The first-order chi connectivity index (χ1) is 13.8. The average molecular weight is 438 g/mol. The van der Waals surface area contributed by atoms with Crippen LogP contribution in [0.4, 0.5) is 13.9 Å². The maximum Gasteiger partial charge on any atom is 0.341 e. The summed E-state index contributed by atoms with van der Waals surface area (Å²) in [6, 6.07) is 11.7. The van der Waals surface area contributed by atoms with Gasteiger partial charge in [0.25, 0.3) is 5.91 Å². The van der Waals surface area contributed by atoms with Crippen molar-refractivity contribution in [3.05, 3.63) is 59.5 Å². The van der Waals surface area contributed by atoms with Crippen molar-refractivity contribution in [3.63, 3.8) is 0 Å². The van der Waals surface area contributed by atoms with Crippen molar-refractivity contribution in [2.24, 2.45) is 0 Å². The molecule has 0 saturated heterocycles. The predicted octanol–water partition coefficient (Wildman–Crippen LogP) is 4.46. The summed E-state index contributed by atoms with van der Waals surface area (Å²) in [6.07, 6.45) is 0. The van der Waals surface area contributed by atoms with Gasteiger partial charge in [-0.15, -0.1) is 11.3 Å². The molecule has 0 aliphatic heterocycles. The average Bonchev–Trinajstić information content (AvgIpc) is 3.17. The fourth-order valence-corrected chi connectivity index (χ4v) is 3.86. The molecule has 0 spiro atoms. The first-order valence-corrected chi connectivity index (χ1v) is 10.9. The van der Waals surface area contributed by atoms with Gasteiger partial charge in [0.05, 0.1) is 17.2 Å². The lowest BCUT2D eigenvalue weighted by Crippen LogP contribution is -2.14. The highest BCUT2D eigenvalue weighted by molar-refractivity contribution is 7.91. The highest BCUT2D eigenvalue weighted by Crippen LogP contribution is 2.27. The molecule has 10 heteroatoms. The van der Waals surface area contributed by atoms with E-state index < -0.39 is 26.4 Å². The van der Waals surface area contributed by atoms with Crippen molar-refractivity contribution in [1.82, 2.24) is 4.98 Å². The number of thiazole rings is 1. The summed E-state index contributed by atoms with van der Waals surface area (Å²) in [7, 11) is -4.70. The van der Waals surface area contributed by atoms with E-state index >= 15 is 0 Å². The Morgan fingerprint density at radius 3 is 2.38 bits per heavy atom. The number of aromatic nitrogens is 1. The Balaban J connectivity index is 1.70. The number of rotatable bonds is 7. The Bertz CT molecular complexity index is 1100. The Hall–Kier alpha value is -2.85. The number of anilines is 1. The Labute approximate surface area is 170 Å². The number of hydrogen-bond acceptors (Lipinski definition) is 6. The third kappa shape index (κ3) is 4.77. The molecular formula is C19H16F2N2O4S2. The zero-order chi connectivity index (χ0) is 21.0.